The Balaban J connectivity index is 1.87. The molecule has 1 heterocycles. The predicted octanol–water partition coefficient (Wildman–Crippen LogP) is 2.35. The highest BCUT2D eigenvalue weighted by molar-refractivity contribution is 7.13. The van der Waals surface area contributed by atoms with Gasteiger partial charge in [0.05, 0.1) is 0 Å². The van der Waals surface area contributed by atoms with Gasteiger partial charge in [-0.1, -0.05) is 27.6 Å². The summed E-state index contributed by atoms with van der Waals surface area (Å²) in [5.74, 6) is 0. The van der Waals surface area contributed by atoms with Gasteiger partial charge >= 0.3 is 0 Å². The third kappa shape index (κ3) is 2.70. The van der Waals surface area contributed by atoms with Gasteiger partial charge in [-0.3, -0.25) is 4.67 Å². The van der Waals surface area contributed by atoms with E-state index in [-0.39, 0.29) is 0 Å². The highest BCUT2D eigenvalue weighted by atomic mass is 31.0. The number of piperidine rings is 1. The maximum atomic E-state index is 3.57. The summed E-state index contributed by atoms with van der Waals surface area (Å²) in [4.78, 5) is 0. The molecule has 1 aromatic carbocycles. The number of rotatable bonds is 2. The average Bonchev–Trinajstić information content (AvgIpc) is 2.23. The Kier molecular flexibility index (Phi) is 3.39. The standard InChI is InChI=1S/C11H17N2P/c14-13-8-6-11(7-9-13)12-10-4-2-1-3-5-10/h1-5,11-12H,6-9,14H2. The first-order chi connectivity index (χ1) is 6.84. The normalized spacial score (nSPS) is 19.5. The van der Waals surface area contributed by atoms with Gasteiger partial charge in [-0.25, -0.2) is 0 Å². The molecule has 0 bridgehead atoms. The van der Waals surface area contributed by atoms with Gasteiger partial charge in [0.2, 0.25) is 0 Å². The van der Waals surface area contributed by atoms with Crippen molar-refractivity contribution in [2.24, 2.45) is 0 Å². The Hall–Kier alpha value is -0.590. The summed E-state index contributed by atoms with van der Waals surface area (Å²) in [6, 6.07) is 11.1. The molecule has 1 aromatic rings. The quantitative estimate of drug-likeness (QED) is 0.750. The highest BCUT2D eigenvalue weighted by Crippen LogP contribution is 2.17. The Morgan fingerprint density at radius 3 is 2.43 bits per heavy atom. The van der Waals surface area contributed by atoms with Crippen LogP contribution < -0.4 is 5.32 Å². The molecule has 1 saturated heterocycles. The van der Waals surface area contributed by atoms with E-state index in [0.717, 1.165) is 0 Å². The molecule has 0 spiro atoms. The molecule has 3 heteroatoms. The monoisotopic (exact) mass is 208 g/mol. The van der Waals surface area contributed by atoms with Crippen LogP contribution in [0.5, 0.6) is 0 Å². The van der Waals surface area contributed by atoms with Gasteiger partial charge in [0, 0.05) is 24.8 Å². The molecule has 1 unspecified atom stereocenters. The van der Waals surface area contributed by atoms with E-state index in [1.807, 2.05) is 0 Å². The molecule has 1 aliphatic rings. The first kappa shape index (κ1) is 9.95. The van der Waals surface area contributed by atoms with Crippen molar-refractivity contribution in [3.05, 3.63) is 30.3 Å². The van der Waals surface area contributed by atoms with Crippen molar-refractivity contribution in [1.82, 2.24) is 4.67 Å². The zero-order chi connectivity index (χ0) is 9.80. The van der Waals surface area contributed by atoms with Crippen molar-refractivity contribution < 1.29 is 0 Å². The summed E-state index contributed by atoms with van der Waals surface area (Å²) in [5.41, 5.74) is 1.25. The summed E-state index contributed by atoms with van der Waals surface area (Å²) >= 11 is 0. The van der Waals surface area contributed by atoms with Crippen molar-refractivity contribution in [3.63, 3.8) is 0 Å². The Labute approximate surface area is 87.9 Å². The number of hydrogen-bond donors (Lipinski definition) is 1. The van der Waals surface area contributed by atoms with E-state index in [9.17, 15) is 0 Å². The van der Waals surface area contributed by atoms with E-state index in [4.69, 9.17) is 0 Å². The van der Waals surface area contributed by atoms with E-state index < -0.39 is 0 Å². The van der Waals surface area contributed by atoms with Gasteiger partial charge in [-0.2, -0.15) is 0 Å². The second-order valence-electron chi connectivity index (χ2n) is 3.82. The summed E-state index contributed by atoms with van der Waals surface area (Å²) in [5, 5.41) is 3.57. The van der Waals surface area contributed by atoms with Crippen LogP contribution in [0.1, 0.15) is 12.8 Å². The van der Waals surface area contributed by atoms with Crippen molar-refractivity contribution >= 4 is 15.1 Å². The minimum atomic E-state index is 0.647. The molecule has 14 heavy (non-hydrogen) atoms. The molecule has 1 fully saturated rings. The molecule has 0 radical (unpaired) electrons. The maximum absolute atomic E-state index is 3.57. The first-order valence-electron chi connectivity index (χ1n) is 5.16. The van der Waals surface area contributed by atoms with Gasteiger partial charge in [0.1, 0.15) is 0 Å². The zero-order valence-corrected chi connectivity index (χ0v) is 9.47. The summed E-state index contributed by atoms with van der Waals surface area (Å²) in [6.45, 7) is 2.35. The molecule has 1 aliphatic heterocycles. The lowest BCUT2D eigenvalue weighted by molar-refractivity contribution is 0.357. The Morgan fingerprint density at radius 2 is 1.79 bits per heavy atom. The van der Waals surface area contributed by atoms with E-state index in [1.54, 1.807) is 0 Å². The lowest BCUT2D eigenvalue weighted by Crippen LogP contribution is -2.33. The Morgan fingerprint density at radius 1 is 1.14 bits per heavy atom. The minimum Gasteiger partial charge on any atom is -0.382 e. The van der Waals surface area contributed by atoms with Gasteiger partial charge in [-0.15, -0.1) is 0 Å². The number of para-hydroxylation sites is 1. The fraction of sp³-hybridized carbons (Fsp3) is 0.455. The molecule has 76 valence electrons. The van der Waals surface area contributed by atoms with Crippen LogP contribution in [0.3, 0.4) is 0 Å². The topological polar surface area (TPSA) is 15.3 Å². The number of nitrogens with one attached hydrogen (secondary N) is 1. The lowest BCUT2D eigenvalue weighted by Gasteiger charge is -2.29. The van der Waals surface area contributed by atoms with Gasteiger partial charge < -0.3 is 5.32 Å². The van der Waals surface area contributed by atoms with Crippen LogP contribution in [0.4, 0.5) is 5.69 Å². The second-order valence-corrected chi connectivity index (χ2v) is 4.55. The van der Waals surface area contributed by atoms with Crippen LogP contribution in [-0.2, 0) is 0 Å². The van der Waals surface area contributed by atoms with Crippen molar-refractivity contribution in [1.29, 1.82) is 0 Å². The van der Waals surface area contributed by atoms with Crippen molar-refractivity contribution in [2.75, 3.05) is 18.4 Å². The molecule has 2 nitrogen and oxygen atoms in total. The molecular weight excluding hydrogens is 191 g/mol. The van der Waals surface area contributed by atoms with E-state index >= 15 is 0 Å². The molecule has 1 N–H and O–H groups in total. The fourth-order valence-corrected chi connectivity index (χ4v) is 2.11. The maximum Gasteiger partial charge on any atom is 0.0342 e. The van der Waals surface area contributed by atoms with Gasteiger partial charge in [-0.05, 0) is 25.0 Å². The second kappa shape index (κ2) is 4.77. The molecule has 2 rings (SSSR count). The number of benzene rings is 1. The summed E-state index contributed by atoms with van der Waals surface area (Å²) in [6.07, 6.45) is 2.47. The molecule has 0 aliphatic carbocycles. The smallest absolute Gasteiger partial charge is 0.0342 e. The number of anilines is 1. The summed E-state index contributed by atoms with van der Waals surface area (Å²) < 4.78 is 2.31. The molecule has 0 aromatic heterocycles. The molecule has 0 saturated carbocycles. The number of nitrogens with zero attached hydrogens (tertiary/aromatic N) is 1. The van der Waals surface area contributed by atoms with Crippen LogP contribution in [0.25, 0.3) is 0 Å². The van der Waals surface area contributed by atoms with Gasteiger partial charge in [0.15, 0.2) is 0 Å². The molecular formula is C11H17N2P. The average molecular weight is 208 g/mol. The molecule has 0 amide bonds. The highest BCUT2D eigenvalue weighted by Gasteiger charge is 2.15. The third-order valence-corrected chi connectivity index (χ3v) is 3.19. The number of hydrogen-bond acceptors (Lipinski definition) is 2. The Bertz CT molecular complexity index is 268. The zero-order valence-electron chi connectivity index (χ0n) is 8.32. The minimum absolute atomic E-state index is 0.647. The molecule has 1 atom stereocenters. The van der Waals surface area contributed by atoms with Crippen molar-refractivity contribution in [3.8, 4) is 0 Å². The van der Waals surface area contributed by atoms with Crippen LogP contribution in [0, 0.1) is 0 Å². The van der Waals surface area contributed by atoms with Crippen LogP contribution in [0.15, 0.2) is 30.3 Å². The SMILES string of the molecule is PN1CCC(Nc2ccccc2)CC1. The van der Waals surface area contributed by atoms with E-state index in [0.29, 0.717) is 6.04 Å². The van der Waals surface area contributed by atoms with Crippen molar-refractivity contribution in [2.45, 2.75) is 18.9 Å². The fourth-order valence-electron chi connectivity index (χ4n) is 1.81. The van der Waals surface area contributed by atoms with Crippen LogP contribution >= 0.6 is 9.39 Å². The predicted molar refractivity (Wildman–Crippen MR) is 64.4 cm³/mol. The first-order valence-corrected chi connectivity index (χ1v) is 5.67. The van der Waals surface area contributed by atoms with Gasteiger partial charge in [0.25, 0.3) is 0 Å². The summed E-state index contributed by atoms with van der Waals surface area (Å²) in [7, 11) is 2.78. The third-order valence-electron chi connectivity index (χ3n) is 2.67. The van der Waals surface area contributed by atoms with E-state index in [2.05, 4.69) is 49.7 Å². The lowest BCUT2D eigenvalue weighted by atomic mass is 10.1. The largest absolute Gasteiger partial charge is 0.382 e. The van der Waals surface area contributed by atoms with Crippen LogP contribution in [0.2, 0.25) is 0 Å². The van der Waals surface area contributed by atoms with E-state index in [1.165, 1.54) is 31.6 Å². The van der Waals surface area contributed by atoms with Crippen LogP contribution in [-0.4, -0.2) is 23.8 Å².